The maximum absolute atomic E-state index is 12.3. The van der Waals surface area contributed by atoms with Gasteiger partial charge >= 0.3 is 6.18 Å². The van der Waals surface area contributed by atoms with Gasteiger partial charge in [0.15, 0.2) is 5.69 Å². The number of hydrogen-bond acceptors (Lipinski definition) is 2. The summed E-state index contributed by atoms with van der Waals surface area (Å²) in [4.78, 5) is 0. The van der Waals surface area contributed by atoms with Gasteiger partial charge in [-0.3, -0.25) is 4.68 Å². The van der Waals surface area contributed by atoms with Crippen LogP contribution in [0.2, 0.25) is 5.15 Å². The van der Waals surface area contributed by atoms with E-state index in [4.69, 9.17) is 16.9 Å². The van der Waals surface area contributed by atoms with Crippen LogP contribution in [0.15, 0.2) is 0 Å². The molecule has 76 valence electrons. The van der Waals surface area contributed by atoms with E-state index in [1.165, 1.54) is 6.07 Å². The van der Waals surface area contributed by atoms with Gasteiger partial charge in [-0.2, -0.15) is 23.5 Å². The highest BCUT2D eigenvalue weighted by molar-refractivity contribution is 6.30. The summed E-state index contributed by atoms with van der Waals surface area (Å²) < 4.78 is 37.8. The molecule has 0 aliphatic carbocycles. The molecule has 0 spiro atoms. The molecule has 3 nitrogen and oxygen atoms in total. The number of alkyl halides is 3. The first-order valence-corrected chi connectivity index (χ1v) is 4.03. The maximum Gasteiger partial charge on any atom is 0.436 e. The molecular weight excluding hydrogens is 219 g/mol. The Balaban J connectivity index is 3.39. The number of halogens is 4. The summed E-state index contributed by atoms with van der Waals surface area (Å²) in [6.45, 7) is 1.77. The van der Waals surface area contributed by atoms with Gasteiger partial charge in [-0.15, -0.1) is 0 Å². The molecule has 0 saturated heterocycles. The monoisotopic (exact) mass is 223 g/mol. The Bertz CT molecular complexity index is 388. The zero-order valence-corrected chi connectivity index (χ0v) is 7.82. The van der Waals surface area contributed by atoms with Crippen LogP contribution in [0.3, 0.4) is 0 Å². The summed E-state index contributed by atoms with van der Waals surface area (Å²) in [6, 6.07) is 1.39. The predicted molar refractivity (Wildman–Crippen MR) is 42.6 cm³/mol. The smallest absolute Gasteiger partial charge is 0.252 e. The fourth-order valence-electron chi connectivity index (χ4n) is 0.948. The van der Waals surface area contributed by atoms with E-state index in [0.717, 1.165) is 4.68 Å². The average molecular weight is 224 g/mol. The molecule has 0 unspecified atom stereocenters. The molecule has 0 radical (unpaired) electrons. The van der Waals surface area contributed by atoms with Gasteiger partial charge in [0.25, 0.3) is 0 Å². The summed E-state index contributed by atoms with van der Waals surface area (Å²) in [6.07, 6.45) is -4.64. The van der Waals surface area contributed by atoms with Gasteiger partial charge < -0.3 is 0 Å². The minimum absolute atomic E-state index is 0.184. The normalized spacial score (nSPS) is 11.4. The quantitative estimate of drug-likeness (QED) is 0.734. The lowest BCUT2D eigenvalue weighted by atomic mass is 10.2. The number of aryl methyl sites for hydroxylation is 1. The van der Waals surface area contributed by atoms with Crippen molar-refractivity contribution in [2.24, 2.45) is 0 Å². The van der Waals surface area contributed by atoms with E-state index in [1.54, 1.807) is 6.92 Å². The zero-order chi connectivity index (χ0) is 10.9. The molecule has 0 aliphatic heterocycles. The van der Waals surface area contributed by atoms with Crippen LogP contribution in [0.1, 0.15) is 18.2 Å². The molecule has 1 rings (SSSR count). The van der Waals surface area contributed by atoms with Crippen LogP contribution in [0.25, 0.3) is 0 Å². The molecule has 1 aromatic heterocycles. The van der Waals surface area contributed by atoms with Crippen LogP contribution in [-0.2, 0) is 12.7 Å². The van der Waals surface area contributed by atoms with E-state index in [-0.39, 0.29) is 11.7 Å². The fourth-order valence-corrected chi connectivity index (χ4v) is 1.24. The van der Waals surface area contributed by atoms with Crippen molar-refractivity contribution in [1.29, 1.82) is 5.26 Å². The lowest BCUT2D eigenvalue weighted by Gasteiger charge is -2.00. The van der Waals surface area contributed by atoms with Gasteiger partial charge in [0.2, 0.25) is 0 Å². The highest BCUT2D eigenvalue weighted by Crippen LogP contribution is 2.33. The first kappa shape index (κ1) is 10.9. The predicted octanol–water partition coefficient (Wildman–Crippen LogP) is 2.45. The molecule has 1 heterocycles. The van der Waals surface area contributed by atoms with Gasteiger partial charge in [-0.05, 0) is 6.92 Å². The van der Waals surface area contributed by atoms with Crippen LogP contribution >= 0.6 is 11.6 Å². The fraction of sp³-hybridized carbons (Fsp3) is 0.429. The molecule has 0 bridgehead atoms. The number of aromatic nitrogens is 2. The number of hydrogen-bond donors (Lipinski definition) is 0. The second-order valence-corrected chi connectivity index (χ2v) is 2.80. The Morgan fingerprint density at radius 2 is 2.14 bits per heavy atom. The van der Waals surface area contributed by atoms with Crippen LogP contribution in [0.5, 0.6) is 0 Å². The van der Waals surface area contributed by atoms with Crippen molar-refractivity contribution < 1.29 is 13.2 Å². The maximum atomic E-state index is 12.3. The van der Waals surface area contributed by atoms with Crippen molar-refractivity contribution in [2.75, 3.05) is 0 Å². The molecule has 0 N–H and O–H groups in total. The second-order valence-electron chi connectivity index (χ2n) is 2.44. The van der Waals surface area contributed by atoms with Crippen molar-refractivity contribution in [3.8, 4) is 6.07 Å². The Labute approximate surface area is 82.7 Å². The van der Waals surface area contributed by atoms with E-state index < -0.39 is 17.4 Å². The summed E-state index contributed by atoms with van der Waals surface area (Å²) in [5, 5.41) is 11.4. The molecule has 0 saturated carbocycles. The number of nitriles is 1. The molecule has 1 aromatic rings. The van der Waals surface area contributed by atoms with Gasteiger partial charge in [0.05, 0.1) is 0 Å². The van der Waals surface area contributed by atoms with Gasteiger partial charge in [0, 0.05) is 6.54 Å². The Hall–Kier alpha value is -1.22. The van der Waals surface area contributed by atoms with Crippen molar-refractivity contribution >= 4 is 11.6 Å². The lowest BCUT2D eigenvalue weighted by Crippen LogP contribution is -2.08. The van der Waals surface area contributed by atoms with E-state index >= 15 is 0 Å². The molecule has 14 heavy (non-hydrogen) atoms. The summed E-state index contributed by atoms with van der Waals surface area (Å²) >= 11 is 5.51. The van der Waals surface area contributed by atoms with Crippen LogP contribution in [0, 0.1) is 11.3 Å². The Morgan fingerprint density at radius 1 is 1.57 bits per heavy atom. The Kier molecular flexibility index (Phi) is 2.71. The van der Waals surface area contributed by atoms with E-state index in [2.05, 4.69) is 5.10 Å². The van der Waals surface area contributed by atoms with E-state index in [1.807, 2.05) is 0 Å². The van der Waals surface area contributed by atoms with Crippen LogP contribution < -0.4 is 0 Å². The standard InChI is InChI=1S/C7H5ClF3N3/c1-2-14-6(8)4(3-12)5(13-14)7(9,10)11/h2H2,1H3. The van der Waals surface area contributed by atoms with Crippen molar-refractivity contribution in [3.63, 3.8) is 0 Å². The molecule has 7 heteroatoms. The van der Waals surface area contributed by atoms with Gasteiger partial charge in [-0.1, -0.05) is 11.6 Å². The number of nitrogens with zero attached hydrogens (tertiary/aromatic N) is 3. The second kappa shape index (κ2) is 3.50. The largest absolute Gasteiger partial charge is 0.436 e. The van der Waals surface area contributed by atoms with Crippen LogP contribution in [0.4, 0.5) is 13.2 Å². The molecule has 0 aliphatic rings. The number of rotatable bonds is 1. The third kappa shape index (κ3) is 1.68. The summed E-state index contributed by atoms with van der Waals surface area (Å²) in [5.41, 5.74) is -1.85. The van der Waals surface area contributed by atoms with Gasteiger partial charge in [-0.25, -0.2) is 0 Å². The molecular formula is C7H5ClF3N3. The zero-order valence-electron chi connectivity index (χ0n) is 7.06. The molecule has 0 atom stereocenters. The summed E-state index contributed by atoms with van der Waals surface area (Å²) in [7, 11) is 0. The van der Waals surface area contributed by atoms with E-state index in [9.17, 15) is 13.2 Å². The first-order valence-electron chi connectivity index (χ1n) is 3.65. The minimum Gasteiger partial charge on any atom is -0.252 e. The minimum atomic E-state index is -4.64. The first-order chi connectivity index (χ1) is 6.41. The molecule has 0 fully saturated rings. The Morgan fingerprint density at radius 3 is 2.43 bits per heavy atom. The third-order valence-electron chi connectivity index (χ3n) is 1.57. The molecule has 0 amide bonds. The van der Waals surface area contributed by atoms with Crippen molar-refractivity contribution in [2.45, 2.75) is 19.6 Å². The van der Waals surface area contributed by atoms with Crippen molar-refractivity contribution in [3.05, 3.63) is 16.4 Å². The lowest BCUT2D eigenvalue weighted by molar-refractivity contribution is -0.141. The third-order valence-corrected chi connectivity index (χ3v) is 1.95. The molecule has 0 aromatic carbocycles. The van der Waals surface area contributed by atoms with Crippen LogP contribution in [-0.4, -0.2) is 9.78 Å². The summed E-state index contributed by atoms with van der Waals surface area (Å²) in [5.74, 6) is 0. The SMILES string of the molecule is CCn1nc(C(F)(F)F)c(C#N)c1Cl. The van der Waals surface area contributed by atoms with Crippen molar-refractivity contribution in [1.82, 2.24) is 9.78 Å². The average Bonchev–Trinajstić information content (AvgIpc) is 2.41. The highest BCUT2D eigenvalue weighted by Gasteiger charge is 2.39. The topological polar surface area (TPSA) is 41.6 Å². The van der Waals surface area contributed by atoms with Gasteiger partial charge in [0.1, 0.15) is 16.8 Å². The highest BCUT2D eigenvalue weighted by atomic mass is 35.5. The van der Waals surface area contributed by atoms with E-state index in [0.29, 0.717) is 0 Å².